The van der Waals surface area contributed by atoms with Crippen LogP contribution < -0.4 is 10.6 Å². The summed E-state index contributed by atoms with van der Waals surface area (Å²) in [4.78, 5) is 22.9. The molecule has 7 nitrogen and oxygen atoms in total. The maximum Gasteiger partial charge on any atom is 0.326 e. The zero-order chi connectivity index (χ0) is 12.3. The van der Waals surface area contributed by atoms with E-state index in [9.17, 15) is 9.59 Å². The molecule has 1 heterocycles. The van der Waals surface area contributed by atoms with E-state index in [0.717, 1.165) is 0 Å². The van der Waals surface area contributed by atoms with Gasteiger partial charge in [-0.25, -0.2) is 4.79 Å². The summed E-state index contributed by atoms with van der Waals surface area (Å²) in [6.45, 7) is 1.52. The molecule has 0 fully saturated rings. The lowest BCUT2D eigenvalue weighted by Gasteiger charge is -2.21. The van der Waals surface area contributed by atoms with E-state index in [4.69, 9.17) is 10.8 Å². The van der Waals surface area contributed by atoms with Crippen LogP contribution in [0.1, 0.15) is 17.4 Å². The minimum absolute atomic E-state index is 0.0418. The number of carboxylic acids is 1. The molecule has 0 saturated heterocycles. The predicted octanol–water partition coefficient (Wildman–Crippen LogP) is -0.515. The van der Waals surface area contributed by atoms with Gasteiger partial charge in [-0.2, -0.15) is 0 Å². The molecular weight excluding hydrogens is 212 g/mol. The van der Waals surface area contributed by atoms with Crippen molar-refractivity contribution in [3.63, 3.8) is 0 Å². The molecule has 3 N–H and O–H groups in total. The maximum absolute atomic E-state index is 10.7. The van der Waals surface area contributed by atoms with Crippen LogP contribution in [-0.2, 0) is 4.79 Å². The van der Waals surface area contributed by atoms with E-state index in [1.165, 1.54) is 24.0 Å². The molecule has 1 aromatic heterocycles. The highest BCUT2D eigenvalue weighted by Gasteiger charge is 2.18. The Balaban J connectivity index is 2.89. The highest BCUT2D eigenvalue weighted by atomic mass is 16.4. The smallest absolute Gasteiger partial charge is 0.326 e. The first kappa shape index (κ1) is 11.9. The average molecular weight is 224 g/mol. The van der Waals surface area contributed by atoms with E-state index in [1.54, 1.807) is 7.05 Å². The lowest BCUT2D eigenvalue weighted by Crippen LogP contribution is -2.36. The van der Waals surface area contributed by atoms with Gasteiger partial charge in [0, 0.05) is 7.05 Å². The van der Waals surface area contributed by atoms with Gasteiger partial charge < -0.3 is 15.7 Å². The minimum Gasteiger partial charge on any atom is -0.480 e. The quantitative estimate of drug-likeness (QED) is 0.712. The Morgan fingerprint density at radius 3 is 2.44 bits per heavy atom. The zero-order valence-corrected chi connectivity index (χ0v) is 8.91. The van der Waals surface area contributed by atoms with Gasteiger partial charge in [-0.3, -0.25) is 4.79 Å². The van der Waals surface area contributed by atoms with Gasteiger partial charge in [0.15, 0.2) is 11.5 Å². The van der Waals surface area contributed by atoms with Crippen LogP contribution in [0.5, 0.6) is 0 Å². The van der Waals surface area contributed by atoms with E-state index in [0.29, 0.717) is 5.82 Å². The van der Waals surface area contributed by atoms with Crippen LogP contribution in [-0.4, -0.2) is 40.3 Å². The lowest BCUT2D eigenvalue weighted by molar-refractivity contribution is -0.138. The summed E-state index contributed by atoms with van der Waals surface area (Å²) in [5.41, 5.74) is 5.04. The SMILES string of the molecule is CC(C(=O)O)N(C)c1ccc(C(N)=O)nn1. The number of carbonyl (C=O) groups is 2. The molecule has 1 rings (SSSR count). The summed E-state index contributed by atoms with van der Waals surface area (Å²) in [6.07, 6.45) is 0. The molecule has 0 aliphatic heterocycles. The second-order valence-electron chi connectivity index (χ2n) is 3.27. The number of carbonyl (C=O) groups excluding carboxylic acids is 1. The second kappa shape index (κ2) is 4.56. The van der Waals surface area contributed by atoms with E-state index in [1.807, 2.05) is 0 Å². The van der Waals surface area contributed by atoms with Gasteiger partial charge in [0.2, 0.25) is 0 Å². The molecule has 0 aromatic carbocycles. The van der Waals surface area contributed by atoms with Crippen molar-refractivity contribution in [2.24, 2.45) is 5.73 Å². The van der Waals surface area contributed by atoms with Crippen molar-refractivity contribution < 1.29 is 14.7 Å². The van der Waals surface area contributed by atoms with Crippen LogP contribution in [0.15, 0.2) is 12.1 Å². The third kappa shape index (κ3) is 2.44. The average Bonchev–Trinajstić information content (AvgIpc) is 2.27. The molecule has 0 saturated carbocycles. The Hall–Kier alpha value is -2.18. The fourth-order valence-corrected chi connectivity index (χ4v) is 1.01. The molecule has 1 atom stereocenters. The monoisotopic (exact) mass is 224 g/mol. The van der Waals surface area contributed by atoms with Crippen molar-refractivity contribution in [3.8, 4) is 0 Å². The standard InChI is InChI=1S/C9H12N4O3/c1-5(9(15)16)13(2)7-4-3-6(8(10)14)11-12-7/h3-5H,1-2H3,(H2,10,14)(H,15,16). The topological polar surface area (TPSA) is 109 Å². The van der Waals surface area contributed by atoms with Crippen LogP contribution in [0.25, 0.3) is 0 Å². The molecule has 0 spiro atoms. The number of nitrogens with two attached hydrogens (primary N) is 1. The number of hydrogen-bond acceptors (Lipinski definition) is 5. The first-order valence-corrected chi connectivity index (χ1v) is 4.52. The van der Waals surface area contributed by atoms with Gasteiger partial charge >= 0.3 is 5.97 Å². The number of hydrogen-bond donors (Lipinski definition) is 2. The lowest BCUT2D eigenvalue weighted by atomic mass is 10.3. The van der Waals surface area contributed by atoms with Crippen LogP contribution in [0, 0.1) is 0 Å². The number of likely N-dealkylation sites (N-methyl/N-ethyl adjacent to an activating group) is 1. The number of aliphatic carboxylic acids is 1. The zero-order valence-electron chi connectivity index (χ0n) is 8.91. The highest BCUT2D eigenvalue weighted by molar-refractivity contribution is 5.90. The van der Waals surface area contributed by atoms with Crippen molar-refractivity contribution in [1.82, 2.24) is 10.2 Å². The second-order valence-corrected chi connectivity index (χ2v) is 3.27. The summed E-state index contributed by atoms with van der Waals surface area (Å²) in [6, 6.07) is 2.16. The largest absolute Gasteiger partial charge is 0.480 e. The predicted molar refractivity (Wildman–Crippen MR) is 56.1 cm³/mol. The van der Waals surface area contributed by atoms with Crippen molar-refractivity contribution in [2.45, 2.75) is 13.0 Å². The van der Waals surface area contributed by atoms with Gasteiger partial charge in [-0.05, 0) is 19.1 Å². The number of rotatable bonds is 4. The van der Waals surface area contributed by atoms with Crippen LogP contribution >= 0.6 is 0 Å². The summed E-state index contributed by atoms with van der Waals surface area (Å²) in [5.74, 6) is -1.28. The number of anilines is 1. The van der Waals surface area contributed by atoms with Crippen molar-refractivity contribution in [2.75, 3.05) is 11.9 Å². The Bertz CT molecular complexity index is 404. The Kier molecular flexibility index (Phi) is 3.39. The fraction of sp³-hybridized carbons (Fsp3) is 0.333. The normalized spacial score (nSPS) is 11.9. The number of primary amides is 1. The summed E-state index contributed by atoms with van der Waals surface area (Å²) in [7, 11) is 1.58. The molecule has 0 radical (unpaired) electrons. The molecule has 0 aliphatic carbocycles. The molecule has 1 amide bonds. The minimum atomic E-state index is -0.969. The summed E-state index contributed by atoms with van der Waals surface area (Å²) in [5, 5.41) is 16.1. The third-order valence-electron chi connectivity index (χ3n) is 2.20. The van der Waals surface area contributed by atoms with Crippen LogP contribution in [0.3, 0.4) is 0 Å². The maximum atomic E-state index is 10.7. The molecule has 86 valence electrons. The van der Waals surface area contributed by atoms with Gasteiger partial charge in [0.25, 0.3) is 5.91 Å². The third-order valence-corrected chi connectivity index (χ3v) is 2.20. The van der Waals surface area contributed by atoms with Crippen LogP contribution in [0.4, 0.5) is 5.82 Å². The van der Waals surface area contributed by atoms with E-state index in [2.05, 4.69) is 10.2 Å². The van der Waals surface area contributed by atoms with E-state index < -0.39 is 17.9 Å². The van der Waals surface area contributed by atoms with E-state index in [-0.39, 0.29) is 5.69 Å². The molecule has 0 bridgehead atoms. The molecule has 1 aromatic rings. The number of amides is 1. The summed E-state index contributed by atoms with van der Waals surface area (Å²) >= 11 is 0. The van der Waals surface area contributed by atoms with Gasteiger partial charge in [0.1, 0.15) is 6.04 Å². The Morgan fingerprint density at radius 2 is 2.06 bits per heavy atom. The number of nitrogens with zero attached hydrogens (tertiary/aromatic N) is 3. The van der Waals surface area contributed by atoms with Gasteiger partial charge in [-0.1, -0.05) is 0 Å². The molecular formula is C9H12N4O3. The number of carboxylic acid groups (broad SMARTS) is 1. The van der Waals surface area contributed by atoms with Gasteiger partial charge in [0.05, 0.1) is 0 Å². The molecule has 0 aliphatic rings. The van der Waals surface area contributed by atoms with Crippen molar-refractivity contribution in [3.05, 3.63) is 17.8 Å². The van der Waals surface area contributed by atoms with Crippen molar-refractivity contribution in [1.29, 1.82) is 0 Å². The first-order chi connectivity index (χ1) is 7.43. The van der Waals surface area contributed by atoms with E-state index >= 15 is 0 Å². The molecule has 7 heteroatoms. The fourth-order valence-electron chi connectivity index (χ4n) is 1.01. The molecule has 16 heavy (non-hydrogen) atoms. The highest BCUT2D eigenvalue weighted by Crippen LogP contribution is 2.10. The van der Waals surface area contributed by atoms with Crippen molar-refractivity contribution >= 4 is 17.7 Å². The molecule has 1 unspecified atom stereocenters. The first-order valence-electron chi connectivity index (χ1n) is 4.52. The Labute approximate surface area is 91.9 Å². The number of aromatic nitrogens is 2. The van der Waals surface area contributed by atoms with Gasteiger partial charge in [-0.15, -0.1) is 10.2 Å². The Morgan fingerprint density at radius 1 is 1.44 bits per heavy atom. The van der Waals surface area contributed by atoms with Crippen LogP contribution in [0.2, 0.25) is 0 Å². The summed E-state index contributed by atoms with van der Waals surface area (Å²) < 4.78 is 0.